The van der Waals surface area contributed by atoms with E-state index in [-0.39, 0.29) is 5.91 Å². The van der Waals surface area contributed by atoms with Gasteiger partial charge in [-0.2, -0.15) is 0 Å². The van der Waals surface area contributed by atoms with Crippen LogP contribution in [0.1, 0.15) is 27.9 Å². The second kappa shape index (κ2) is 7.62. The van der Waals surface area contributed by atoms with Crippen LogP contribution in [-0.2, 0) is 6.42 Å². The third-order valence-corrected chi connectivity index (χ3v) is 4.11. The molecule has 110 valence electrons. The first-order valence-corrected chi connectivity index (χ1v) is 8.15. The van der Waals surface area contributed by atoms with Gasteiger partial charge >= 0.3 is 0 Å². The molecular formula is C17H17BrClNO. The van der Waals surface area contributed by atoms with E-state index in [0.29, 0.717) is 11.4 Å². The number of carbonyl (C=O) groups is 1. The number of hydrogen-bond acceptors (Lipinski definition) is 1. The fourth-order valence-electron chi connectivity index (χ4n) is 2.09. The lowest BCUT2D eigenvalue weighted by atomic mass is 10.1. The molecule has 21 heavy (non-hydrogen) atoms. The van der Waals surface area contributed by atoms with Crippen LogP contribution in [0.25, 0.3) is 0 Å². The van der Waals surface area contributed by atoms with Gasteiger partial charge in [0.25, 0.3) is 5.91 Å². The summed E-state index contributed by atoms with van der Waals surface area (Å²) < 4.78 is 0.795. The van der Waals surface area contributed by atoms with Gasteiger partial charge in [-0.3, -0.25) is 4.79 Å². The number of halogens is 2. The maximum Gasteiger partial charge on any atom is 0.256 e. The topological polar surface area (TPSA) is 29.1 Å². The number of amides is 1. The van der Waals surface area contributed by atoms with Crippen LogP contribution in [0, 0.1) is 6.92 Å². The van der Waals surface area contributed by atoms with Crippen LogP contribution in [0.3, 0.4) is 0 Å². The molecule has 0 aromatic heterocycles. The molecule has 0 fully saturated rings. The first kappa shape index (κ1) is 16.1. The van der Waals surface area contributed by atoms with Crippen LogP contribution in [0.15, 0.2) is 46.9 Å². The summed E-state index contributed by atoms with van der Waals surface area (Å²) in [5.41, 5.74) is 3.68. The Labute approximate surface area is 138 Å². The molecule has 2 rings (SSSR count). The second-order valence-electron chi connectivity index (χ2n) is 4.93. The standard InChI is InChI=1S/C17H17BrClNO/c1-12-7-8-16(18)15(10-12)17(21)20-14-6-2-4-13(11-14)5-3-9-19/h2,4,6-8,10-11H,3,5,9H2,1H3,(H,20,21). The molecule has 0 spiro atoms. The molecule has 0 aliphatic carbocycles. The van der Waals surface area contributed by atoms with E-state index < -0.39 is 0 Å². The highest BCUT2D eigenvalue weighted by molar-refractivity contribution is 9.10. The van der Waals surface area contributed by atoms with Crippen molar-refractivity contribution in [1.82, 2.24) is 0 Å². The summed E-state index contributed by atoms with van der Waals surface area (Å²) in [6.45, 7) is 1.97. The van der Waals surface area contributed by atoms with Crippen molar-refractivity contribution in [3.63, 3.8) is 0 Å². The first-order valence-electron chi connectivity index (χ1n) is 6.82. The van der Waals surface area contributed by atoms with Gasteiger partial charge in [0.15, 0.2) is 0 Å². The van der Waals surface area contributed by atoms with Crippen molar-refractivity contribution in [2.75, 3.05) is 11.2 Å². The van der Waals surface area contributed by atoms with Gasteiger partial charge in [-0.15, -0.1) is 11.6 Å². The average Bonchev–Trinajstić information content (AvgIpc) is 2.48. The first-order chi connectivity index (χ1) is 10.1. The lowest BCUT2D eigenvalue weighted by Crippen LogP contribution is -2.13. The molecule has 0 radical (unpaired) electrons. The summed E-state index contributed by atoms with van der Waals surface area (Å²) in [6.07, 6.45) is 1.85. The predicted octanol–water partition coefficient (Wildman–Crippen LogP) is 5.18. The zero-order chi connectivity index (χ0) is 15.2. The Morgan fingerprint density at radius 3 is 2.81 bits per heavy atom. The van der Waals surface area contributed by atoms with Crippen LogP contribution >= 0.6 is 27.5 Å². The van der Waals surface area contributed by atoms with E-state index in [4.69, 9.17) is 11.6 Å². The van der Waals surface area contributed by atoms with Gasteiger partial charge in [0, 0.05) is 16.0 Å². The van der Waals surface area contributed by atoms with Gasteiger partial charge in [-0.25, -0.2) is 0 Å². The monoisotopic (exact) mass is 365 g/mol. The number of hydrogen-bond donors (Lipinski definition) is 1. The summed E-state index contributed by atoms with van der Waals surface area (Å²) in [7, 11) is 0. The highest BCUT2D eigenvalue weighted by Crippen LogP contribution is 2.20. The molecule has 0 bridgehead atoms. The molecule has 4 heteroatoms. The fraction of sp³-hybridized carbons (Fsp3) is 0.235. The lowest BCUT2D eigenvalue weighted by molar-refractivity contribution is 0.102. The number of rotatable bonds is 5. The van der Waals surface area contributed by atoms with Crippen LogP contribution in [0.5, 0.6) is 0 Å². The maximum absolute atomic E-state index is 12.4. The summed E-state index contributed by atoms with van der Waals surface area (Å²) in [6, 6.07) is 13.6. The number of anilines is 1. The Bertz CT molecular complexity index is 642. The molecule has 0 unspecified atom stereocenters. The van der Waals surface area contributed by atoms with E-state index in [1.54, 1.807) is 0 Å². The molecule has 1 N–H and O–H groups in total. The highest BCUT2D eigenvalue weighted by atomic mass is 79.9. The van der Waals surface area contributed by atoms with Crippen LogP contribution < -0.4 is 5.32 Å². The van der Waals surface area contributed by atoms with Gasteiger partial charge in [0.05, 0.1) is 5.56 Å². The smallest absolute Gasteiger partial charge is 0.256 e. The minimum absolute atomic E-state index is 0.111. The molecule has 0 heterocycles. The molecule has 2 aromatic carbocycles. The van der Waals surface area contributed by atoms with Crippen LogP contribution in [0.2, 0.25) is 0 Å². The molecule has 2 aromatic rings. The fourth-order valence-corrected chi connectivity index (χ4v) is 2.65. The zero-order valence-electron chi connectivity index (χ0n) is 11.8. The van der Waals surface area contributed by atoms with E-state index in [2.05, 4.69) is 21.2 Å². The maximum atomic E-state index is 12.4. The van der Waals surface area contributed by atoms with E-state index >= 15 is 0 Å². The number of nitrogens with one attached hydrogen (secondary N) is 1. The lowest BCUT2D eigenvalue weighted by Gasteiger charge is -2.09. The predicted molar refractivity (Wildman–Crippen MR) is 92.3 cm³/mol. The van der Waals surface area contributed by atoms with Crippen molar-refractivity contribution < 1.29 is 4.79 Å². The van der Waals surface area contributed by atoms with Crippen molar-refractivity contribution in [2.24, 2.45) is 0 Å². The van der Waals surface area contributed by atoms with Crippen LogP contribution in [0.4, 0.5) is 5.69 Å². The van der Waals surface area contributed by atoms with E-state index in [1.807, 2.05) is 49.4 Å². The minimum Gasteiger partial charge on any atom is -0.322 e. The normalized spacial score (nSPS) is 10.4. The zero-order valence-corrected chi connectivity index (χ0v) is 14.2. The molecule has 0 saturated heterocycles. The number of alkyl halides is 1. The molecular weight excluding hydrogens is 350 g/mol. The van der Waals surface area contributed by atoms with Crippen molar-refractivity contribution in [3.05, 3.63) is 63.6 Å². The molecule has 0 saturated carbocycles. The molecule has 2 nitrogen and oxygen atoms in total. The third-order valence-electron chi connectivity index (χ3n) is 3.15. The third kappa shape index (κ3) is 4.58. The van der Waals surface area contributed by atoms with Gasteiger partial charge in [-0.1, -0.05) is 23.8 Å². The SMILES string of the molecule is Cc1ccc(Br)c(C(=O)Nc2cccc(CCCCl)c2)c1. The average molecular weight is 367 g/mol. The number of aryl methyl sites for hydroxylation is 2. The van der Waals surface area contributed by atoms with Gasteiger partial charge in [0.1, 0.15) is 0 Å². The Kier molecular flexibility index (Phi) is 5.83. The van der Waals surface area contributed by atoms with E-state index in [9.17, 15) is 4.79 Å². The minimum atomic E-state index is -0.111. The Morgan fingerprint density at radius 1 is 1.24 bits per heavy atom. The molecule has 1 amide bonds. The summed E-state index contributed by atoms with van der Waals surface area (Å²) >= 11 is 9.13. The Morgan fingerprint density at radius 2 is 2.05 bits per heavy atom. The summed E-state index contributed by atoms with van der Waals surface area (Å²) in [5, 5.41) is 2.94. The second-order valence-corrected chi connectivity index (χ2v) is 6.16. The van der Waals surface area contributed by atoms with Crippen molar-refractivity contribution in [2.45, 2.75) is 19.8 Å². The number of carbonyl (C=O) groups excluding carboxylic acids is 1. The molecule has 0 aliphatic heterocycles. The van der Waals surface area contributed by atoms with Crippen LogP contribution in [-0.4, -0.2) is 11.8 Å². The van der Waals surface area contributed by atoms with Crippen molar-refractivity contribution in [3.8, 4) is 0 Å². The summed E-state index contributed by atoms with van der Waals surface area (Å²) in [5.74, 6) is 0.535. The quantitative estimate of drug-likeness (QED) is 0.726. The van der Waals surface area contributed by atoms with Crippen molar-refractivity contribution in [1.29, 1.82) is 0 Å². The van der Waals surface area contributed by atoms with Crippen molar-refractivity contribution >= 4 is 39.1 Å². The molecule has 0 atom stereocenters. The van der Waals surface area contributed by atoms with Gasteiger partial charge in [0.2, 0.25) is 0 Å². The van der Waals surface area contributed by atoms with Gasteiger partial charge < -0.3 is 5.32 Å². The Hall–Kier alpha value is -1.32. The van der Waals surface area contributed by atoms with E-state index in [0.717, 1.165) is 28.6 Å². The summed E-state index contributed by atoms with van der Waals surface area (Å²) in [4.78, 5) is 12.4. The number of benzene rings is 2. The van der Waals surface area contributed by atoms with Gasteiger partial charge in [-0.05, 0) is 65.5 Å². The van der Waals surface area contributed by atoms with E-state index in [1.165, 1.54) is 5.56 Å². The molecule has 0 aliphatic rings. The Balaban J connectivity index is 2.14. The highest BCUT2D eigenvalue weighted by Gasteiger charge is 2.10. The largest absolute Gasteiger partial charge is 0.322 e.